The minimum Gasteiger partial charge on any atom is -0.370 e. The standard InChI is InChI=1S/C13H15Cl2N3O2/c1-8(14)13-17-10-3-2-9(15)6-11(10)18(13)4-5-20-7-12(16)19/h2-3,6,8H,4-5,7H2,1H3,(H2,16,19). The van der Waals surface area contributed by atoms with Gasteiger partial charge in [0, 0.05) is 11.6 Å². The molecule has 0 saturated carbocycles. The number of aromatic nitrogens is 2. The predicted molar refractivity (Wildman–Crippen MR) is 79.0 cm³/mol. The number of alkyl halides is 1. The molecule has 1 amide bonds. The van der Waals surface area contributed by atoms with Crippen LogP contribution in [-0.4, -0.2) is 28.7 Å². The largest absolute Gasteiger partial charge is 0.370 e. The fourth-order valence-corrected chi connectivity index (χ4v) is 2.31. The number of nitrogens with zero attached hydrogens (tertiary/aromatic N) is 2. The Bertz CT molecular complexity index is 625. The first-order valence-corrected chi connectivity index (χ1v) is 6.96. The molecule has 1 aromatic heterocycles. The molecule has 0 radical (unpaired) electrons. The van der Waals surface area contributed by atoms with Gasteiger partial charge in [-0.15, -0.1) is 11.6 Å². The zero-order valence-electron chi connectivity index (χ0n) is 11.0. The van der Waals surface area contributed by atoms with Crippen LogP contribution in [0.15, 0.2) is 18.2 Å². The maximum Gasteiger partial charge on any atom is 0.243 e. The van der Waals surface area contributed by atoms with Gasteiger partial charge in [-0.3, -0.25) is 4.79 Å². The Morgan fingerprint density at radius 1 is 1.55 bits per heavy atom. The average Bonchev–Trinajstić information content (AvgIpc) is 2.73. The van der Waals surface area contributed by atoms with E-state index >= 15 is 0 Å². The van der Waals surface area contributed by atoms with E-state index in [0.29, 0.717) is 18.2 Å². The third kappa shape index (κ3) is 3.42. The number of primary amides is 1. The van der Waals surface area contributed by atoms with E-state index in [9.17, 15) is 4.79 Å². The first-order chi connectivity index (χ1) is 9.49. The lowest BCUT2D eigenvalue weighted by Crippen LogP contribution is -2.20. The molecule has 1 unspecified atom stereocenters. The first-order valence-electron chi connectivity index (χ1n) is 6.15. The Kier molecular flexibility index (Phi) is 4.86. The van der Waals surface area contributed by atoms with Gasteiger partial charge in [-0.05, 0) is 25.1 Å². The highest BCUT2D eigenvalue weighted by Crippen LogP contribution is 2.26. The number of benzene rings is 1. The van der Waals surface area contributed by atoms with E-state index in [0.717, 1.165) is 16.9 Å². The van der Waals surface area contributed by atoms with Crippen molar-refractivity contribution in [1.82, 2.24) is 9.55 Å². The highest BCUT2D eigenvalue weighted by atomic mass is 35.5. The van der Waals surface area contributed by atoms with Crippen LogP contribution in [0.25, 0.3) is 11.0 Å². The quantitative estimate of drug-likeness (QED) is 0.657. The Labute approximate surface area is 126 Å². The van der Waals surface area contributed by atoms with E-state index in [1.807, 2.05) is 23.6 Å². The zero-order valence-corrected chi connectivity index (χ0v) is 12.5. The number of carbonyl (C=O) groups excluding carboxylic acids is 1. The Morgan fingerprint density at radius 3 is 2.95 bits per heavy atom. The Balaban J connectivity index is 2.26. The lowest BCUT2D eigenvalue weighted by atomic mass is 10.3. The Morgan fingerprint density at radius 2 is 2.30 bits per heavy atom. The molecule has 7 heteroatoms. The van der Waals surface area contributed by atoms with E-state index in [4.69, 9.17) is 33.7 Å². The van der Waals surface area contributed by atoms with E-state index in [1.54, 1.807) is 6.07 Å². The van der Waals surface area contributed by atoms with Crippen molar-refractivity contribution in [3.63, 3.8) is 0 Å². The summed E-state index contributed by atoms with van der Waals surface area (Å²) in [7, 11) is 0. The van der Waals surface area contributed by atoms with Crippen molar-refractivity contribution < 1.29 is 9.53 Å². The molecule has 1 aromatic carbocycles. The van der Waals surface area contributed by atoms with Gasteiger partial charge in [0.1, 0.15) is 12.4 Å². The smallest absolute Gasteiger partial charge is 0.243 e. The lowest BCUT2D eigenvalue weighted by Gasteiger charge is -2.10. The summed E-state index contributed by atoms with van der Waals surface area (Å²) in [4.78, 5) is 15.1. The van der Waals surface area contributed by atoms with Gasteiger partial charge in [0.05, 0.1) is 23.0 Å². The zero-order chi connectivity index (χ0) is 14.7. The minimum absolute atomic E-state index is 0.0981. The number of hydrogen-bond donors (Lipinski definition) is 1. The number of halogens is 2. The van der Waals surface area contributed by atoms with Crippen LogP contribution in [0, 0.1) is 0 Å². The molecule has 0 fully saturated rings. The van der Waals surface area contributed by atoms with Crippen molar-refractivity contribution in [3.8, 4) is 0 Å². The molecule has 0 saturated heterocycles. The van der Waals surface area contributed by atoms with Gasteiger partial charge in [-0.1, -0.05) is 11.6 Å². The van der Waals surface area contributed by atoms with E-state index in [2.05, 4.69) is 4.98 Å². The summed E-state index contributed by atoms with van der Waals surface area (Å²) in [6.07, 6.45) is 0. The lowest BCUT2D eigenvalue weighted by molar-refractivity contribution is -0.122. The van der Waals surface area contributed by atoms with E-state index < -0.39 is 5.91 Å². The van der Waals surface area contributed by atoms with Crippen LogP contribution in [0.1, 0.15) is 18.1 Å². The van der Waals surface area contributed by atoms with Gasteiger partial charge in [0.15, 0.2) is 0 Å². The minimum atomic E-state index is -0.491. The number of fused-ring (bicyclic) bond motifs is 1. The first kappa shape index (κ1) is 15.1. The van der Waals surface area contributed by atoms with Crippen molar-refractivity contribution in [2.45, 2.75) is 18.8 Å². The van der Waals surface area contributed by atoms with E-state index in [1.165, 1.54) is 0 Å². The van der Waals surface area contributed by atoms with Gasteiger partial charge < -0.3 is 15.0 Å². The highest BCUT2D eigenvalue weighted by molar-refractivity contribution is 6.31. The predicted octanol–water partition coefficient (Wildman–Crippen LogP) is 2.49. The average molecular weight is 316 g/mol. The normalized spacial score (nSPS) is 12.8. The second-order valence-electron chi connectivity index (χ2n) is 4.39. The third-order valence-corrected chi connectivity index (χ3v) is 3.23. The second kappa shape index (κ2) is 6.43. The molecule has 108 valence electrons. The molecule has 0 aliphatic heterocycles. The molecule has 0 aliphatic carbocycles. The van der Waals surface area contributed by atoms with Crippen LogP contribution >= 0.6 is 23.2 Å². The molecule has 2 rings (SSSR count). The topological polar surface area (TPSA) is 70.1 Å². The fourth-order valence-electron chi connectivity index (χ4n) is 1.98. The molecule has 0 spiro atoms. The van der Waals surface area contributed by atoms with Crippen LogP contribution < -0.4 is 5.73 Å². The van der Waals surface area contributed by atoms with Crippen LogP contribution in [0.5, 0.6) is 0 Å². The van der Waals surface area contributed by atoms with Crippen molar-refractivity contribution in [2.75, 3.05) is 13.2 Å². The fraction of sp³-hybridized carbons (Fsp3) is 0.385. The van der Waals surface area contributed by atoms with Gasteiger partial charge in [0.25, 0.3) is 0 Å². The molecular formula is C13H15Cl2N3O2. The van der Waals surface area contributed by atoms with Crippen LogP contribution in [0.4, 0.5) is 0 Å². The van der Waals surface area contributed by atoms with Crippen LogP contribution in [0.3, 0.4) is 0 Å². The molecule has 1 heterocycles. The molecule has 20 heavy (non-hydrogen) atoms. The number of nitrogens with two attached hydrogens (primary N) is 1. The summed E-state index contributed by atoms with van der Waals surface area (Å²) in [5, 5.41) is 0.391. The SMILES string of the molecule is CC(Cl)c1nc2ccc(Cl)cc2n1CCOCC(N)=O. The molecule has 5 nitrogen and oxygen atoms in total. The maximum atomic E-state index is 10.6. The van der Waals surface area contributed by atoms with Crippen molar-refractivity contribution in [3.05, 3.63) is 29.0 Å². The summed E-state index contributed by atoms with van der Waals surface area (Å²) in [5.74, 6) is 0.251. The van der Waals surface area contributed by atoms with Crippen LogP contribution in [-0.2, 0) is 16.1 Å². The Hall–Kier alpha value is -1.30. The summed E-state index contributed by atoms with van der Waals surface area (Å²) in [5.41, 5.74) is 6.74. The van der Waals surface area contributed by atoms with Gasteiger partial charge in [0.2, 0.25) is 5.91 Å². The van der Waals surface area contributed by atoms with Gasteiger partial charge in [-0.25, -0.2) is 4.98 Å². The summed E-state index contributed by atoms with van der Waals surface area (Å²) in [6, 6.07) is 5.47. The number of rotatable bonds is 6. The van der Waals surface area contributed by atoms with Crippen molar-refractivity contribution in [1.29, 1.82) is 0 Å². The number of amides is 1. The van der Waals surface area contributed by atoms with E-state index in [-0.39, 0.29) is 12.0 Å². The summed E-state index contributed by atoms with van der Waals surface area (Å²) >= 11 is 12.2. The monoisotopic (exact) mass is 315 g/mol. The number of hydrogen-bond acceptors (Lipinski definition) is 3. The summed E-state index contributed by atoms with van der Waals surface area (Å²) in [6.45, 7) is 2.62. The molecule has 2 aromatic rings. The van der Waals surface area contributed by atoms with Crippen molar-refractivity contribution >= 4 is 40.1 Å². The maximum absolute atomic E-state index is 10.6. The molecule has 0 bridgehead atoms. The molecule has 0 aliphatic rings. The van der Waals surface area contributed by atoms with Gasteiger partial charge in [-0.2, -0.15) is 0 Å². The molecular weight excluding hydrogens is 301 g/mol. The number of ether oxygens (including phenoxy) is 1. The van der Waals surface area contributed by atoms with Gasteiger partial charge >= 0.3 is 0 Å². The highest BCUT2D eigenvalue weighted by Gasteiger charge is 2.15. The second-order valence-corrected chi connectivity index (χ2v) is 5.48. The number of carbonyl (C=O) groups is 1. The third-order valence-electron chi connectivity index (χ3n) is 2.80. The van der Waals surface area contributed by atoms with Crippen LogP contribution in [0.2, 0.25) is 5.02 Å². The summed E-state index contributed by atoms with van der Waals surface area (Å²) < 4.78 is 7.13. The molecule has 1 atom stereocenters. The van der Waals surface area contributed by atoms with Crippen molar-refractivity contribution in [2.24, 2.45) is 5.73 Å². The number of imidazole rings is 1. The molecule has 2 N–H and O–H groups in total.